The number of H-pyrrole nitrogens is 1. The number of esters is 1. The summed E-state index contributed by atoms with van der Waals surface area (Å²) in [6.07, 6.45) is 5.00. The normalized spacial score (nSPS) is 11.8. The Bertz CT molecular complexity index is 1270. The standard InChI is InChI=1S/C30H37N5O3/c1-3-37-28(36)12-8-5-9-17-31-18-19-38-25-15-13-24(14-16-25)27-20-26-29(32-21-33-30(26)35-27)34-22(2)23-10-6-4-7-11-23/h4,6-7,10-11,13-16,20-22,31H,3,5,8-9,12,17-19H2,1-2H3,(H2,32,33,34,35)/t22-/m1/s1. The van der Waals surface area contributed by atoms with Gasteiger partial charge in [-0.25, -0.2) is 9.97 Å². The van der Waals surface area contributed by atoms with Crippen LogP contribution in [0.3, 0.4) is 0 Å². The Balaban J connectivity index is 1.23. The molecule has 8 heteroatoms. The Morgan fingerprint density at radius 3 is 2.61 bits per heavy atom. The Hall–Kier alpha value is -3.91. The number of benzene rings is 2. The first-order valence-corrected chi connectivity index (χ1v) is 13.4. The number of ether oxygens (including phenoxy) is 2. The van der Waals surface area contributed by atoms with Crippen LogP contribution in [-0.4, -0.2) is 47.2 Å². The lowest BCUT2D eigenvalue weighted by Crippen LogP contribution is -2.22. The molecule has 0 unspecified atom stereocenters. The second-order valence-electron chi connectivity index (χ2n) is 9.18. The maximum atomic E-state index is 11.3. The van der Waals surface area contributed by atoms with Crippen LogP contribution < -0.4 is 15.4 Å². The molecule has 0 radical (unpaired) electrons. The van der Waals surface area contributed by atoms with E-state index in [1.54, 1.807) is 6.33 Å². The maximum Gasteiger partial charge on any atom is 0.305 e. The number of carbonyl (C=O) groups is 1. The summed E-state index contributed by atoms with van der Waals surface area (Å²) in [6, 6.07) is 20.6. The van der Waals surface area contributed by atoms with Gasteiger partial charge in [0.2, 0.25) is 0 Å². The number of anilines is 1. The quantitative estimate of drug-likeness (QED) is 0.134. The highest BCUT2D eigenvalue weighted by Crippen LogP contribution is 2.29. The van der Waals surface area contributed by atoms with E-state index in [0.717, 1.165) is 66.2 Å². The van der Waals surface area contributed by atoms with Gasteiger partial charge in [-0.2, -0.15) is 0 Å². The van der Waals surface area contributed by atoms with E-state index in [0.29, 0.717) is 19.6 Å². The molecule has 0 spiro atoms. The molecule has 4 rings (SSSR count). The van der Waals surface area contributed by atoms with E-state index < -0.39 is 0 Å². The van der Waals surface area contributed by atoms with E-state index in [1.165, 1.54) is 5.56 Å². The molecule has 0 aliphatic carbocycles. The second kappa shape index (κ2) is 14.1. The average Bonchev–Trinajstić information content (AvgIpc) is 3.38. The molecule has 3 N–H and O–H groups in total. The first-order valence-electron chi connectivity index (χ1n) is 13.4. The highest BCUT2D eigenvalue weighted by molar-refractivity contribution is 5.91. The fourth-order valence-corrected chi connectivity index (χ4v) is 4.27. The Morgan fingerprint density at radius 1 is 1.00 bits per heavy atom. The SMILES string of the molecule is CCOC(=O)CCCCCNCCOc1ccc(-c2cc3c(N[C@H](C)c4ccccc4)ncnc3[nH]2)cc1. The van der Waals surface area contributed by atoms with Crippen molar-refractivity contribution in [3.05, 3.63) is 72.6 Å². The number of aromatic nitrogens is 3. The molecule has 200 valence electrons. The average molecular weight is 516 g/mol. The summed E-state index contributed by atoms with van der Waals surface area (Å²) in [5.74, 6) is 1.54. The molecule has 2 aromatic carbocycles. The lowest BCUT2D eigenvalue weighted by molar-refractivity contribution is -0.143. The van der Waals surface area contributed by atoms with Gasteiger partial charge in [-0.05, 0) is 74.7 Å². The second-order valence-corrected chi connectivity index (χ2v) is 9.18. The molecule has 0 saturated carbocycles. The van der Waals surface area contributed by atoms with Gasteiger partial charge in [0.1, 0.15) is 30.1 Å². The number of hydrogen-bond donors (Lipinski definition) is 3. The van der Waals surface area contributed by atoms with E-state index in [-0.39, 0.29) is 12.0 Å². The lowest BCUT2D eigenvalue weighted by Gasteiger charge is -2.15. The first-order chi connectivity index (χ1) is 18.6. The van der Waals surface area contributed by atoms with Crippen molar-refractivity contribution in [3.63, 3.8) is 0 Å². The molecule has 0 fully saturated rings. The zero-order chi connectivity index (χ0) is 26.6. The van der Waals surface area contributed by atoms with Crippen LogP contribution >= 0.6 is 0 Å². The zero-order valence-electron chi connectivity index (χ0n) is 22.2. The number of unbranched alkanes of at least 4 members (excludes halogenated alkanes) is 2. The molecule has 0 aliphatic rings. The number of aromatic amines is 1. The third-order valence-electron chi connectivity index (χ3n) is 6.33. The van der Waals surface area contributed by atoms with Crippen molar-refractivity contribution in [2.75, 3.05) is 31.6 Å². The minimum atomic E-state index is -0.103. The number of carbonyl (C=O) groups excluding carboxylic acids is 1. The van der Waals surface area contributed by atoms with Gasteiger partial charge in [0, 0.05) is 24.7 Å². The fraction of sp³-hybridized carbons (Fsp3) is 0.367. The summed E-state index contributed by atoms with van der Waals surface area (Å²) in [5, 5.41) is 7.86. The van der Waals surface area contributed by atoms with E-state index >= 15 is 0 Å². The smallest absolute Gasteiger partial charge is 0.305 e. The molecule has 0 amide bonds. The van der Waals surface area contributed by atoms with Gasteiger partial charge in [-0.3, -0.25) is 4.79 Å². The molecular weight excluding hydrogens is 478 g/mol. The van der Waals surface area contributed by atoms with E-state index in [9.17, 15) is 4.79 Å². The van der Waals surface area contributed by atoms with Crippen molar-refractivity contribution in [1.82, 2.24) is 20.3 Å². The van der Waals surface area contributed by atoms with Crippen molar-refractivity contribution < 1.29 is 14.3 Å². The topological polar surface area (TPSA) is 101 Å². The van der Waals surface area contributed by atoms with Crippen molar-refractivity contribution in [2.45, 2.75) is 45.6 Å². The third-order valence-corrected chi connectivity index (χ3v) is 6.33. The summed E-state index contributed by atoms with van der Waals surface area (Å²) in [7, 11) is 0. The third kappa shape index (κ3) is 7.79. The van der Waals surface area contributed by atoms with Gasteiger partial charge in [0.05, 0.1) is 12.0 Å². The molecule has 38 heavy (non-hydrogen) atoms. The molecular formula is C30H37N5O3. The van der Waals surface area contributed by atoms with Crippen LogP contribution in [0.2, 0.25) is 0 Å². The highest BCUT2D eigenvalue weighted by Gasteiger charge is 2.12. The summed E-state index contributed by atoms with van der Waals surface area (Å²) in [5.41, 5.74) is 4.03. The predicted octanol–water partition coefficient (Wildman–Crippen LogP) is 5.89. The largest absolute Gasteiger partial charge is 0.492 e. The summed E-state index contributed by atoms with van der Waals surface area (Å²) in [4.78, 5) is 23.6. The minimum absolute atomic E-state index is 0.103. The number of rotatable bonds is 15. The van der Waals surface area contributed by atoms with Gasteiger partial charge in [0.15, 0.2) is 0 Å². The Morgan fingerprint density at radius 2 is 1.82 bits per heavy atom. The molecule has 2 aromatic heterocycles. The van der Waals surface area contributed by atoms with E-state index in [1.807, 2.05) is 49.4 Å². The van der Waals surface area contributed by atoms with Crippen molar-refractivity contribution in [3.8, 4) is 17.0 Å². The van der Waals surface area contributed by atoms with E-state index in [4.69, 9.17) is 9.47 Å². The first kappa shape index (κ1) is 27.1. The molecule has 0 saturated heterocycles. The summed E-state index contributed by atoms with van der Waals surface area (Å²) >= 11 is 0. The van der Waals surface area contributed by atoms with Gasteiger partial charge in [-0.1, -0.05) is 36.8 Å². The van der Waals surface area contributed by atoms with Crippen LogP contribution in [0.4, 0.5) is 5.82 Å². The van der Waals surface area contributed by atoms with Crippen molar-refractivity contribution in [1.29, 1.82) is 0 Å². The molecule has 8 nitrogen and oxygen atoms in total. The van der Waals surface area contributed by atoms with Gasteiger partial charge < -0.3 is 25.1 Å². The van der Waals surface area contributed by atoms with Crippen LogP contribution in [-0.2, 0) is 9.53 Å². The van der Waals surface area contributed by atoms with Crippen LogP contribution in [0.5, 0.6) is 5.75 Å². The summed E-state index contributed by atoms with van der Waals surface area (Å²) in [6.45, 7) is 6.69. The number of nitrogens with zero attached hydrogens (tertiary/aromatic N) is 2. The predicted molar refractivity (Wildman–Crippen MR) is 151 cm³/mol. The summed E-state index contributed by atoms with van der Waals surface area (Å²) < 4.78 is 10.8. The Labute approximate surface area is 224 Å². The maximum absolute atomic E-state index is 11.3. The van der Waals surface area contributed by atoms with Gasteiger partial charge in [-0.15, -0.1) is 0 Å². The minimum Gasteiger partial charge on any atom is -0.492 e. The molecule has 2 heterocycles. The van der Waals surface area contributed by atoms with Crippen LogP contribution in [0.15, 0.2) is 67.0 Å². The molecule has 4 aromatic rings. The van der Waals surface area contributed by atoms with Gasteiger partial charge >= 0.3 is 5.97 Å². The van der Waals surface area contributed by atoms with Crippen molar-refractivity contribution in [2.24, 2.45) is 0 Å². The zero-order valence-corrected chi connectivity index (χ0v) is 22.2. The number of hydrogen-bond acceptors (Lipinski definition) is 7. The highest BCUT2D eigenvalue weighted by atomic mass is 16.5. The molecule has 1 atom stereocenters. The fourth-order valence-electron chi connectivity index (χ4n) is 4.27. The lowest BCUT2D eigenvalue weighted by atomic mass is 10.1. The van der Waals surface area contributed by atoms with Crippen molar-refractivity contribution >= 4 is 22.8 Å². The number of fused-ring (bicyclic) bond motifs is 1. The number of nitrogens with one attached hydrogen (secondary N) is 3. The molecule has 0 bridgehead atoms. The van der Waals surface area contributed by atoms with Crippen LogP contribution in [0.1, 0.15) is 51.1 Å². The monoisotopic (exact) mass is 515 g/mol. The van der Waals surface area contributed by atoms with Crippen LogP contribution in [0, 0.1) is 0 Å². The van der Waals surface area contributed by atoms with Crippen LogP contribution in [0.25, 0.3) is 22.3 Å². The van der Waals surface area contributed by atoms with E-state index in [2.05, 4.69) is 50.7 Å². The van der Waals surface area contributed by atoms with Gasteiger partial charge in [0.25, 0.3) is 0 Å². The Kier molecular flexibility index (Phi) is 10.1. The molecule has 0 aliphatic heterocycles.